The largest absolute Gasteiger partial charge is 0.334 e. The van der Waals surface area contributed by atoms with Crippen molar-refractivity contribution in [2.45, 2.75) is 77.8 Å². The molecule has 0 amide bonds. The number of fused-ring (bicyclic) bond motifs is 1. The van der Waals surface area contributed by atoms with Crippen molar-refractivity contribution >= 4 is 0 Å². The summed E-state index contributed by atoms with van der Waals surface area (Å²) in [7, 11) is 0. The number of hydrogen-bond acceptors (Lipinski definition) is 2. The van der Waals surface area contributed by atoms with Crippen molar-refractivity contribution in [1.29, 1.82) is 0 Å². The van der Waals surface area contributed by atoms with Gasteiger partial charge < -0.3 is 9.88 Å². The Kier molecular flexibility index (Phi) is 6.42. The van der Waals surface area contributed by atoms with Crippen LogP contribution in [0, 0.1) is 0 Å². The highest BCUT2D eigenvalue weighted by atomic mass is 15.1. The molecule has 19 heavy (non-hydrogen) atoms. The summed E-state index contributed by atoms with van der Waals surface area (Å²) in [6, 6.07) is 0. The molecule has 0 radical (unpaired) electrons. The molecule has 0 unspecified atom stereocenters. The van der Waals surface area contributed by atoms with Crippen LogP contribution in [0.25, 0.3) is 0 Å². The van der Waals surface area contributed by atoms with E-state index in [-0.39, 0.29) is 0 Å². The van der Waals surface area contributed by atoms with Crippen molar-refractivity contribution in [3.05, 3.63) is 17.7 Å². The molecular formula is C16H29N3. The Hall–Kier alpha value is -0.830. The van der Waals surface area contributed by atoms with Gasteiger partial charge in [-0.3, -0.25) is 0 Å². The van der Waals surface area contributed by atoms with Gasteiger partial charge >= 0.3 is 0 Å². The number of aromatic nitrogens is 2. The van der Waals surface area contributed by atoms with Crippen molar-refractivity contribution in [2.75, 3.05) is 6.54 Å². The van der Waals surface area contributed by atoms with E-state index in [4.69, 9.17) is 0 Å². The lowest BCUT2D eigenvalue weighted by atomic mass is 10.1. The van der Waals surface area contributed by atoms with E-state index < -0.39 is 0 Å². The smallest absolute Gasteiger partial charge is 0.0952 e. The van der Waals surface area contributed by atoms with Crippen molar-refractivity contribution in [2.24, 2.45) is 0 Å². The van der Waals surface area contributed by atoms with E-state index in [1.54, 1.807) is 0 Å². The Balaban J connectivity index is 1.57. The Morgan fingerprint density at radius 3 is 2.63 bits per heavy atom. The Morgan fingerprint density at radius 2 is 1.84 bits per heavy atom. The van der Waals surface area contributed by atoms with E-state index in [0.29, 0.717) is 0 Å². The lowest BCUT2D eigenvalue weighted by Crippen LogP contribution is -2.25. The molecule has 2 heterocycles. The summed E-state index contributed by atoms with van der Waals surface area (Å²) in [5, 5.41) is 3.38. The molecular weight excluding hydrogens is 234 g/mol. The fourth-order valence-electron chi connectivity index (χ4n) is 2.91. The molecule has 108 valence electrons. The van der Waals surface area contributed by atoms with E-state index in [1.165, 1.54) is 62.8 Å². The summed E-state index contributed by atoms with van der Waals surface area (Å²) >= 11 is 0. The average Bonchev–Trinajstić information content (AvgIpc) is 2.85. The molecule has 3 heteroatoms. The average molecular weight is 263 g/mol. The lowest BCUT2D eigenvalue weighted by molar-refractivity contribution is 0.527. The fourth-order valence-corrected chi connectivity index (χ4v) is 2.91. The van der Waals surface area contributed by atoms with Crippen LogP contribution in [-0.2, 0) is 19.5 Å². The summed E-state index contributed by atoms with van der Waals surface area (Å²) < 4.78 is 2.38. The SMILES string of the molecule is CCCCCCCCCCn1cnc2c1CCNC2. The maximum absolute atomic E-state index is 4.51. The van der Waals surface area contributed by atoms with Gasteiger partial charge in [0.2, 0.25) is 0 Å². The van der Waals surface area contributed by atoms with Gasteiger partial charge in [0.15, 0.2) is 0 Å². The number of nitrogens with zero attached hydrogens (tertiary/aromatic N) is 2. The number of unbranched alkanes of at least 4 members (excludes halogenated alkanes) is 7. The Labute approximate surface area is 117 Å². The second-order valence-electron chi connectivity index (χ2n) is 5.73. The minimum atomic E-state index is 0.958. The molecule has 2 rings (SSSR count). The van der Waals surface area contributed by atoms with Gasteiger partial charge in [0.25, 0.3) is 0 Å². The molecule has 0 saturated heterocycles. The van der Waals surface area contributed by atoms with Crippen LogP contribution in [-0.4, -0.2) is 16.1 Å². The van der Waals surface area contributed by atoms with Gasteiger partial charge in [0.1, 0.15) is 0 Å². The summed E-state index contributed by atoms with van der Waals surface area (Å²) in [5.74, 6) is 0. The van der Waals surface area contributed by atoms with Crippen molar-refractivity contribution in [1.82, 2.24) is 14.9 Å². The number of rotatable bonds is 9. The first-order valence-electron chi connectivity index (χ1n) is 8.15. The summed E-state index contributed by atoms with van der Waals surface area (Å²) in [6.45, 7) is 5.51. The van der Waals surface area contributed by atoms with Gasteiger partial charge in [-0.15, -0.1) is 0 Å². The standard InChI is InChI=1S/C16H29N3/c1-2-3-4-5-6-7-8-9-12-19-14-18-15-13-17-11-10-16(15)19/h14,17H,2-13H2,1H3. The molecule has 1 aliphatic rings. The number of aryl methyl sites for hydroxylation is 1. The number of nitrogens with one attached hydrogen (secondary N) is 1. The third-order valence-corrected chi connectivity index (χ3v) is 4.12. The molecule has 0 fully saturated rings. The van der Waals surface area contributed by atoms with Gasteiger partial charge in [-0.2, -0.15) is 0 Å². The normalized spacial score (nSPS) is 14.6. The molecule has 3 nitrogen and oxygen atoms in total. The van der Waals surface area contributed by atoms with E-state index >= 15 is 0 Å². The fraction of sp³-hybridized carbons (Fsp3) is 0.812. The highest BCUT2D eigenvalue weighted by Crippen LogP contribution is 2.14. The highest BCUT2D eigenvalue weighted by Gasteiger charge is 2.13. The van der Waals surface area contributed by atoms with E-state index in [1.807, 2.05) is 6.33 Å². The van der Waals surface area contributed by atoms with Gasteiger partial charge in [0, 0.05) is 31.7 Å². The molecule has 0 saturated carbocycles. The third kappa shape index (κ3) is 4.64. The zero-order chi connectivity index (χ0) is 13.3. The predicted octanol–water partition coefficient (Wildman–Crippen LogP) is 3.67. The van der Waals surface area contributed by atoms with Gasteiger partial charge in [-0.1, -0.05) is 51.9 Å². The minimum Gasteiger partial charge on any atom is -0.334 e. The first-order valence-corrected chi connectivity index (χ1v) is 8.15. The van der Waals surface area contributed by atoms with Gasteiger partial charge in [0.05, 0.1) is 12.0 Å². The number of hydrogen-bond donors (Lipinski definition) is 1. The topological polar surface area (TPSA) is 29.9 Å². The quantitative estimate of drug-likeness (QED) is 0.689. The summed E-state index contributed by atoms with van der Waals surface area (Å²) in [6.07, 6.45) is 14.3. The second-order valence-corrected chi connectivity index (χ2v) is 5.73. The van der Waals surface area contributed by atoms with Crippen LogP contribution in [0.1, 0.15) is 69.7 Å². The van der Waals surface area contributed by atoms with Crippen LogP contribution in [0.15, 0.2) is 6.33 Å². The molecule has 0 aliphatic carbocycles. The summed E-state index contributed by atoms with van der Waals surface area (Å²) in [5.41, 5.74) is 2.74. The van der Waals surface area contributed by atoms with E-state index in [9.17, 15) is 0 Å². The molecule has 0 bridgehead atoms. The van der Waals surface area contributed by atoms with E-state index in [2.05, 4.69) is 21.8 Å². The molecule has 0 atom stereocenters. The van der Waals surface area contributed by atoms with E-state index in [0.717, 1.165) is 26.1 Å². The molecule has 1 aromatic rings. The maximum atomic E-state index is 4.51. The van der Waals surface area contributed by atoms with Crippen LogP contribution in [0.5, 0.6) is 0 Å². The minimum absolute atomic E-state index is 0.958. The molecule has 1 aliphatic heterocycles. The first-order chi connectivity index (χ1) is 9.42. The monoisotopic (exact) mass is 263 g/mol. The zero-order valence-electron chi connectivity index (χ0n) is 12.5. The maximum Gasteiger partial charge on any atom is 0.0952 e. The van der Waals surface area contributed by atoms with Gasteiger partial charge in [-0.25, -0.2) is 4.98 Å². The van der Waals surface area contributed by atoms with Crippen LogP contribution in [0.2, 0.25) is 0 Å². The predicted molar refractivity (Wildman–Crippen MR) is 80.2 cm³/mol. The molecule has 0 spiro atoms. The van der Waals surface area contributed by atoms with Crippen LogP contribution in [0.3, 0.4) is 0 Å². The lowest BCUT2D eigenvalue weighted by Gasteiger charge is -2.15. The summed E-state index contributed by atoms with van der Waals surface area (Å²) in [4.78, 5) is 4.51. The third-order valence-electron chi connectivity index (χ3n) is 4.12. The first kappa shape index (κ1) is 14.6. The molecule has 1 aromatic heterocycles. The van der Waals surface area contributed by atoms with Crippen molar-refractivity contribution in [3.63, 3.8) is 0 Å². The van der Waals surface area contributed by atoms with Crippen LogP contribution >= 0.6 is 0 Å². The number of imidazole rings is 1. The highest BCUT2D eigenvalue weighted by molar-refractivity contribution is 5.16. The van der Waals surface area contributed by atoms with Gasteiger partial charge in [-0.05, 0) is 6.42 Å². The van der Waals surface area contributed by atoms with Crippen LogP contribution in [0.4, 0.5) is 0 Å². The van der Waals surface area contributed by atoms with Crippen LogP contribution < -0.4 is 5.32 Å². The van der Waals surface area contributed by atoms with Crippen molar-refractivity contribution in [3.8, 4) is 0 Å². The molecule has 0 aromatic carbocycles. The second kappa shape index (κ2) is 8.36. The zero-order valence-corrected chi connectivity index (χ0v) is 12.5. The Bertz CT molecular complexity index is 357. The molecule has 1 N–H and O–H groups in total. The Morgan fingerprint density at radius 1 is 1.11 bits per heavy atom. The van der Waals surface area contributed by atoms with Crippen molar-refractivity contribution < 1.29 is 0 Å².